The number of ether oxygens (including phenoxy) is 1. The Hall–Kier alpha value is -3.93. The summed E-state index contributed by atoms with van der Waals surface area (Å²) in [6.07, 6.45) is 1.06. The van der Waals surface area contributed by atoms with Crippen LogP contribution in [0.5, 0.6) is 0 Å². The van der Waals surface area contributed by atoms with Crippen molar-refractivity contribution < 1.29 is 23.5 Å². The number of hydrogen-bond donors (Lipinski definition) is 2. The van der Waals surface area contributed by atoms with Crippen molar-refractivity contribution in [3.8, 4) is 17.2 Å². The van der Waals surface area contributed by atoms with E-state index in [9.17, 15) is 18.8 Å². The number of rotatable bonds is 6. The van der Waals surface area contributed by atoms with Crippen LogP contribution in [0, 0.1) is 23.1 Å². The average molecular weight is 523 g/mol. The highest BCUT2D eigenvalue weighted by Crippen LogP contribution is 2.30. The number of amides is 3. The Labute approximate surface area is 222 Å². The normalized spacial score (nSPS) is 20.2. The number of likely N-dealkylation sites (tertiary alicyclic amines) is 1. The summed E-state index contributed by atoms with van der Waals surface area (Å²) in [5, 5.41) is 11.7. The maximum Gasteiger partial charge on any atom is 0.411 e. The molecule has 1 heterocycles. The van der Waals surface area contributed by atoms with Crippen LogP contribution in [0.2, 0.25) is 0 Å². The van der Waals surface area contributed by atoms with Gasteiger partial charge in [0.1, 0.15) is 29.6 Å². The second kappa shape index (κ2) is 11.6. The molecule has 2 aromatic carbocycles. The monoisotopic (exact) mass is 522 g/mol. The first-order valence-electron chi connectivity index (χ1n) is 12.7. The van der Waals surface area contributed by atoms with Crippen LogP contribution in [-0.2, 0) is 20.7 Å². The summed E-state index contributed by atoms with van der Waals surface area (Å²) < 4.78 is 19.6. The summed E-state index contributed by atoms with van der Waals surface area (Å²) >= 11 is 0. The first-order chi connectivity index (χ1) is 17.8. The fraction of sp³-hybridized carbons (Fsp3) is 0.448. The highest BCUT2D eigenvalue weighted by Gasteiger charge is 2.43. The van der Waals surface area contributed by atoms with Gasteiger partial charge in [-0.3, -0.25) is 14.5 Å². The van der Waals surface area contributed by atoms with E-state index in [1.807, 2.05) is 13.8 Å². The van der Waals surface area contributed by atoms with Crippen LogP contribution in [0.25, 0.3) is 11.1 Å². The largest absolute Gasteiger partial charge is 0.444 e. The minimum Gasteiger partial charge on any atom is -0.444 e. The number of primary amides is 1. The summed E-state index contributed by atoms with van der Waals surface area (Å²) in [6, 6.07) is 11.2. The summed E-state index contributed by atoms with van der Waals surface area (Å²) in [6.45, 7) is 9.08. The van der Waals surface area contributed by atoms with E-state index in [-0.39, 0.29) is 23.9 Å². The number of halogens is 1. The lowest BCUT2D eigenvalue weighted by Crippen LogP contribution is -2.61. The summed E-state index contributed by atoms with van der Waals surface area (Å²) in [5.41, 5.74) is 6.97. The van der Waals surface area contributed by atoms with Gasteiger partial charge in [-0.2, -0.15) is 5.26 Å². The van der Waals surface area contributed by atoms with Crippen LogP contribution in [0.1, 0.15) is 58.6 Å². The standard InChI is InChI=1S/C29H35FN4O4/c1-17-6-7-18(2)34(28(37)38-29(3,4)5)25(17)27(36)33-24(26(32)35)14-19-8-10-20(11-9-19)21-12-13-22(16-31)23(30)15-21/h8-13,15,17-18,24-25H,6-7,14H2,1-5H3,(H2,32,35)(H,33,36)/t17-,18+,24+,25+/m1/s1. The molecule has 3 amide bonds. The third kappa shape index (κ3) is 6.88. The van der Waals surface area contributed by atoms with Crippen molar-refractivity contribution in [2.24, 2.45) is 11.7 Å². The van der Waals surface area contributed by atoms with Crippen molar-refractivity contribution in [2.45, 2.75) is 77.6 Å². The highest BCUT2D eigenvalue weighted by atomic mass is 19.1. The number of piperidine rings is 1. The molecular formula is C29H35FN4O4. The number of nitriles is 1. The van der Waals surface area contributed by atoms with Crippen molar-refractivity contribution in [2.75, 3.05) is 0 Å². The summed E-state index contributed by atoms with van der Waals surface area (Å²) in [4.78, 5) is 40.2. The Kier molecular flexibility index (Phi) is 8.77. The molecular weight excluding hydrogens is 487 g/mol. The van der Waals surface area contributed by atoms with E-state index in [0.29, 0.717) is 5.56 Å². The molecule has 9 heteroatoms. The van der Waals surface area contributed by atoms with Gasteiger partial charge in [0.15, 0.2) is 0 Å². The molecule has 0 radical (unpaired) electrons. The number of nitrogens with two attached hydrogens (primary N) is 1. The van der Waals surface area contributed by atoms with Gasteiger partial charge >= 0.3 is 6.09 Å². The maximum absolute atomic E-state index is 14.0. The SMILES string of the molecule is C[C@@H]1CC[C@H](C)N(C(=O)OC(C)(C)C)[C@@H]1C(=O)N[C@@H](Cc1ccc(-c2ccc(C#N)c(F)c2)cc1)C(N)=O. The van der Waals surface area contributed by atoms with Gasteiger partial charge in [-0.05, 0) is 75.3 Å². The van der Waals surface area contributed by atoms with Gasteiger partial charge in [-0.25, -0.2) is 9.18 Å². The smallest absolute Gasteiger partial charge is 0.411 e. The van der Waals surface area contributed by atoms with Crippen molar-refractivity contribution in [1.29, 1.82) is 5.26 Å². The molecule has 0 unspecified atom stereocenters. The van der Waals surface area contributed by atoms with Gasteiger partial charge in [-0.1, -0.05) is 37.3 Å². The lowest BCUT2D eigenvalue weighted by atomic mass is 9.86. The van der Waals surface area contributed by atoms with E-state index in [1.165, 1.54) is 17.0 Å². The number of carbonyl (C=O) groups excluding carboxylic acids is 3. The Balaban J connectivity index is 1.76. The molecule has 3 N–H and O–H groups in total. The Bertz CT molecular complexity index is 1230. The van der Waals surface area contributed by atoms with Crippen LogP contribution in [0.4, 0.5) is 9.18 Å². The number of benzene rings is 2. The average Bonchev–Trinajstić information content (AvgIpc) is 2.83. The molecule has 4 atom stereocenters. The summed E-state index contributed by atoms with van der Waals surface area (Å²) in [7, 11) is 0. The van der Waals surface area contributed by atoms with Gasteiger partial charge in [-0.15, -0.1) is 0 Å². The lowest BCUT2D eigenvalue weighted by Gasteiger charge is -2.43. The van der Waals surface area contributed by atoms with E-state index in [2.05, 4.69) is 5.32 Å². The topological polar surface area (TPSA) is 126 Å². The van der Waals surface area contributed by atoms with Crippen LogP contribution in [0.3, 0.4) is 0 Å². The molecule has 3 rings (SSSR count). The fourth-order valence-corrected chi connectivity index (χ4v) is 4.68. The Morgan fingerprint density at radius 3 is 2.32 bits per heavy atom. The number of hydrogen-bond acceptors (Lipinski definition) is 5. The Morgan fingerprint density at radius 1 is 1.13 bits per heavy atom. The van der Waals surface area contributed by atoms with Crippen molar-refractivity contribution in [3.63, 3.8) is 0 Å². The molecule has 2 aromatic rings. The second-order valence-corrected chi connectivity index (χ2v) is 10.9. The molecule has 0 bridgehead atoms. The number of carbonyl (C=O) groups is 3. The molecule has 1 saturated heterocycles. The first-order valence-corrected chi connectivity index (χ1v) is 12.7. The maximum atomic E-state index is 14.0. The van der Waals surface area contributed by atoms with Crippen molar-refractivity contribution >= 4 is 17.9 Å². The van der Waals surface area contributed by atoms with E-state index in [1.54, 1.807) is 57.2 Å². The van der Waals surface area contributed by atoms with Crippen LogP contribution in [-0.4, -0.2) is 46.5 Å². The Morgan fingerprint density at radius 2 is 1.76 bits per heavy atom. The molecule has 0 spiro atoms. The molecule has 38 heavy (non-hydrogen) atoms. The highest BCUT2D eigenvalue weighted by molar-refractivity contribution is 5.91. The molecule has 1 aliphatic rings. The summed E-state index contributed by atoms with van der Waals surface area (Å²) in [5.74, 6) is -1.89. The minimum atomic E-state index is -0.995. The predicted octanol–water partition coefficient (Wildman–Crippen LogP) is 4.30. The van der Waals surface area contributed by atoms with Crippen LogP contribution >= 0.6 is 0 Å². The van der Waals surface area contributed by atoms with Gasteiger partial charge in [0.2, 0.25) is 11.8 Å². The number of nitrogens with one attached hydrogen (secondary N) is 1. The molecule has 1 aliphatic heterocycles. The zero-order valence-electron chi connectivity index (χ0n) is 22.5. The minimum absolute atomic E-state index is 0.0303. The van der Waals surface area contributed by atoms with Gasteiger partial charge in [0.05, 0.1) is 5.56 Å². The molecule has 0 aromatic heterocycles. The molecule has 202 valence electrons. The second-order valence-electron chi connectivity index (χ2n) is 10.9. The van der Waals surface area contributed by atoms with Crippen LogP contribution in [0.15, 0.2) is 42.5 Å². The van der Waals surface area contributed by atoms with Gasteiger partial charge < -0.3 is 15.8 Å². The molecule has 1 fully saturated rings. The van der Waals surface area contributed by atoms with Crippen molar-refractivity contribution in [1.82, 2.24) is 10.2 Å². The zero-order chi connectivity index (χ0) is 28.2. The fourth-order valence-electron chi connectivity index (χ4n) is 4.68. The lowest BCUT2D eigenvalue weighted by molar-refractivity contribution is -0.134. The third-order valence-corrected chi connectivity index (χ3v) is 6.70. The molecule has 0 saturated carbocycles. The van der Waals surface area contributed by atoms with Crippen molar-refractivity contribution in [3.05, 3.63) is 59.4 Å². The quantitative estimate of drug-likeness (QED) is 0.585. The van der Waals surface area contributed by atoms with Gasteiger partial charge in [0.25, 0.3) is 0 Å². The van der Waals surface area contributed by atoms with E-state index >= 15 is 0 Å². The van der Waals surface area contributed by atoms with E-state index in [4.69, 9.17) is 15.7 Å². The zero-order valence-corrected chi connectivity index (χ0v) is 22.5. The number of nitrogens with zero attached hydrogens (tertiary/aromatic N) is 2. The molecule has 0 aliphatic carbocycles. The predicted molar refractivity (Wildman–Crippen MR) is 141 cm³/mol. The van der Waals surface area contributed by atoms with E-state index < -0.39 is 41.4 Å². The first kappa shape index (κ1) is 28.6. The van der Waals surface area contributed by atoms with Gasteiger partial charge in [0, 0.05) is 12.5 Å². The molecule has 8 nitrogen and oxygen atoms in total. The third-order valence-electron chi connectivity index (χ3n) is 6.70. The van der Waals surface area contributed by atoms with Crippen LogP contribution < -0.4 is 11.1 Å². The van der Waals surface area contributed by atoms with E-state index in [0.717, 1.165) is 24.0 Å².